The second kappa shape index (κ2) is 4.72. The molecule has 0 radical (unpaired) electrons. The number of oxime groups is 1. The van der Waals surface area contributed by atoms with Crippen LogP contribution in [0.3, 0.4) is 0 Å². The van der Waals surface area contributed by atoms with E-state index in [1.165, 1.54) is 4.88 Å². The van der Waals surface area contributed by atoms with Crippen molar-refractivity contribution in [3.8, 4) is 0 Å². The summed E-state index contributed by atoms with van der Waals surface area (Å²) in [7, 11) is 0. The Balaban J connectivity index is 1.92. The summed E-state index contributed by atoms with van der Waals surface area (Å²) >= 11 is 1.69. The minimum Gasteiger partial charge on any atom is -0.411 e. The van der Waals surface area contributed by atoms with Crippen molar-refractivity contribution in [1.82, 2.24) is 9.88 Å². The molecule has 1 atom stereocenters. The second-order valence-corrected chi connectivity index (χ2v) is 4.92. The minimum atomic E-state index is 0.358. The molecule has 0 bridgehead atoms. The molecule has 1 aliphatic heterocycles. The van der Waals surface area contributed by atoms with Gasteiger partial charge in [0.25, 0.3) is 0 Å². The topological polar surface area (TPSA) is 48.7 Å². The van der Waals surface area contributed by atoms with Gasteiger partial charge in [-0.05, 0) is 0 Å². The first-order valence-corrected chi connectivity index (χ1v) is 5.98. The maximum absolute atomic E-state index is 8.77. The molecular formula is C10H15N3OS. The zero-order chi connectivity index (χ0) is 10.7. The van der Waals surface area contributed by atoms with Crippen molar-refractivity contribution in [2.45, 2.75) is 19.9 Å². The predicted octanol–water partition coefficient (Wildman–Crippen LogP) is 1.82. The zero-order valence-electron chi connectivity index (χ0n) is 8.76. The first-order chi connectivity index (χ1) is 7.29. The van der Waals surface area contributed by atoms with E-state index in [0.717, 1.165) is 31.8 Å². The lowest BCUT2D eigenvalue weighted by Gasteiger charge is -2.30. The van der Waals surface area contributed by atoms with Crippen molar-refractivity contribution in [1.29, 1.82) is 0 Å². The normalized spacial score (nSPS) is 25.9. The van der Waals surface area contributed by atoms with Crippen molar-refractivity contribution in [2.75, 3.05) is 13.1 Å². The molecule has 82 valence electrons. The molecule has 1 N–H and O–H groups in total. The maximum atomic E-state index is 8.77. The van der Waals surface area contributed by atoms with Crippen molar-refractivity contribution in [3.05, 3.63) is 16.6 Å². The van der Waals surface area contributed by atoms with Gasteiger partial charge in [0.1, 0.15) is 0 Å². The largest absolute Gasteiger partial charge is 0.411 e. The molecule has 1 saturated heterocycles. The van der Waals surface area contributed by atoms with E-state index in [0.29, 0.717) is 5.92 Å². The molecule has 2 rings (SSSR count). The lowest BCUT2D eigenvalue weighted by atomic mass is 9.98. The number of likely N-dealkylation sites (tertiary alicyclic amines) is 1. The average molecular weight is 225 g/mol. The third-order valence-electron chi connectivity index (χ3n) is 2.78. The number of rotatable bonds is 2. The number of hydrogen-bond donors (Lipinski definition) is 1. The van der Waals surface area contributed by atoms with Gasteiger partial charge >= 0.3 is 0 Å². The molecule has 1 fully saturated rings. The smallest absolute Gasteiger partial charge is 0.0794 e. The van der Waals surface area contributed by atoms with Gasteiger partial charge in [-0.25, -0.2) is 0 Å². The first kappa shape index (κ1) is 10.6. The highest BCUT2D eigenvalue weighted by Gasteiger charge is 2.22. The average Bonchev–Trinajstić information content (AvgIpc) is 2.71. The van der Waals surface area contributed by atoms with Gasteiger partial charge in [-0.1, -0.05) is 12.1 Å². The third kappa shape index (κ3) is 2.54. The van der Waals surface area contributed by atoms with Gasteiger partial charge in [0.15, 0.2) is 0 Å². The van der Waals surface area contributed by atoms with Crippen molar-refractivity contribution < 1.29 is 5.21 Å². The monoisotopic (exact) mass is 225 g/mol. The fraction of sp³-hybridized carbons (Fsp3) is 0.600. The highest BCUT2D eigenvalue weighted by molar-refractivity contribution is 7.09. The Morgan fingerprint density at radius 2 is 2.60 bits per heavy atom. The fourth-order valence-corrected chi connectivity index (χ4v) is 2.57. The Bertz CT molecular complexity index is 336. The van der Waals surface area contributed by atoms with Gasteiger partial charge in [-0.2, -0.15) is 0 Å². The van der Waals surface area contributed by atoms with Crippen LogP contribution in [0, 0.1) is 5.92 Å². The lowest BCUT2D eigenvalue weighted by molar-refractivity contribution is 0.230. The van der Waals surface area contributed by atoms with Gasteiger partial charge in [-0.15, -0.1) is 11.3 Å². The number of piperidine rings is 1. The van der Waals surface area contributed by atoms with E-state index in [2.05, 4.69) is 22.0 Å². The Hall–Kier alpha value is -0.940. The molecule has 5 heteroatoms. The van der Waals surface area contributed by atoms with Gasteiger partial charge in [0.05, 0.1) is 11.2 Å². The third-order valence-corrected chi connectivity index (χ3v) is 3.54. The van der Waals surface area contributed by atoms with Crippen LogP contribution in [0.4, 0.5) is 0 Å². The fourth-order valence-electron chi connectivity index (χ4n) is 1.94. The quantitative estimate of drug-likeness (QED) is 0.617. The maximum Gasteiger partial charge on any atom is 0.0794 e. The Kier molecular flexibility index (Phi) is 3.33. The lowest BCUT2D eigenvalue weighted by Crippen LogP contribution is -2.39. The van der Waals surface area contributed by atoms with E-state index in [4.69, 9.17) is 5.21 Å². The molecule has 2 heterocycles. The highest BCUT2D eigenvalue weighted by Crippen LogP contribution is 2.17. The predicted molar refractivity (Wildman–Crippen MR) is 60.4 cm³/mol. The summed E-state index contributed by atoms with van der Waals surface area (Å²) in [4.78, 5) is 7.75. The summed E-state index contributed by atoms with van der Waals surface area (Å²) in [5.41, 5.74) is 2.79. The Labute approximate surface area is 93.2 Å². The van der Waals surface area contributed by atoms with Crippen LogP contribution in [0.5, 0.6) is 0 Å². The molecule has 0 spiro atoms. The summed E-state index contributed by atoms with van der Waals surface area (Å²) in [6.45, 7) is 5.01. The van der Waals surface area contributed by atoms with E-state index in [1.807, 2.05) is 11.7 Å². The van der Waals surface area contributed by atoms with E-state index in [1.54, 1.807) is 11.3 Å². The molecule has 1 aromatic heterocycles. The summed E-state index contributed by atoms with van der Waals surface area (Å²) in [6.07, 6.45) is 2.79. The van der Waals surface area contributed by atoms with Crippen molar-refractivity contribution >= 4 is 17.0 Å². The van der Waals surface area contributed by atoms with Crippen molar-refractivity contribution in [2.24, 2.45) is 11.1 Å². The van der Waals surface area contributed by atoms with Crippen LogP contribution < -0.4 is 0 Å². The number of hydrogen-bond acceptors (Lipinski definition) is 5. The summed E-state index contributed by atoms with van der Waals surface area (Å²) in [5.74, 6) is 0.358. The number of aromatic nitrogens is 1. The molecule has 1 aliphatic rings. The molecule has 1 aromatic rings. The molecule has 15 heavy (non-hydrogen) atoms. The van der Waals surface area contributed by atoms with Crippen LogP contribution >= 0.6 is 11.3 Å². The van der Waals surface area contributed by atoms with E-state index in [-0.39, 0.29) is 0 Å². The summed E-state index contributed by atoms with van der Waals surface area (Å²) < 4.78 is 0. The van der Waals surface area contributed by atoms with Gasteiger partial charge in [-0.3, -0.25) is 9.88 Å². The molecular weight excluding hydrogens is 210 g/mol. The van der Waals surface area contributed by atoms with Crippen LogP contribution in [0.15, 0.2) is 16.9 Å². The molecule has 4 nitrogen and oxygen atoms in total. The van der Waals surface area contributed by atoms with Gasteiger partial charge in [0.2, 0.25) is 0 Å². The molecule has 0 aromatic carbocycles. The van der Waals surface area contributed by atoms with Crippen LogP contribution in [0.25, 0.3) is 0 Å². The molecule has 0 aliphatic carbocycles. The van der Waals surface area contributed by atoms with Gasteiger partial charge in [0, 0.05) is 43.0 Å². The minimum absolute atomic E-state index is 0.358. The van der Waals surface area contributed by atoms with Crippen LogP contribution in [-0.2, 0) is 6.54 Å². The first-order valence-electron chi connectivity index (χ1n) is 5.10. The van der Waals surface area contributed by atoms with Crippen LogP contribution in [-0.4, -0.2) is 33.9 Å². The molecule has 0 saturated carbocycles. The molecule has 1 unspecified atom stereocenters. The standard InChI is InChI=1S/C10H15N3OS/c1-8-5-13(3-2-10(8)12-14)6-9-4-11-7-15-9/h4,7-8,14H,2-3,5-6H2,1H3. The summed E-state index contributed by atoms with van der Waals surface area (Å²) in [6, 6.07) is 0. The second-order valence-electron chi connectivity index (χ2n) is 3.95. The SMILES string of the molecule is CC1CN(Cc2cncs2)CCC1=NO. The highest BCUT2D eigenvalue weighted by atomic mass is 32.1. The van der Waals surface area contributed by atoms with E-state index >= 15 is 0 Å². The zero-order valence-corrected chi connectivity index (χ0v) is 9.57. The van der Waals surface area contributed by atoms with Gasteiger partial charge < -0.3 is 5.21 Å². The summed E-state index contributed by atoms with van der Waals surface area (Å²) in [5, 5.41) is 12.1. The number of thiazole rings is 1. The van der Waals surface area contributed by atoms with Crippen molar-refractivity contribution in [3.63, 3.8) is 0 Å². The van der Waals surface area contributed by atoms with Crippen LogP contribution in [0.1, 0.15) is 18.2 Å². The Morgan fingerprint density at radius 3 is 3.20 bits per heavy atom. The number of nitrogens with zero attached hydrogens (tertiary/aromatic N) is 3. The Morgan fingerprint density at radius 1 is 1.73 bits per heavy atom. The van der Waals surface area contributed by atoms with Crippen LogP contribution in [0.2, 0.25) is 0 Å². The van der Waals surface area contributed by atoms with E-state index in [9.17, 15) is 0 Å². The van der Waals surface area contributed by atoms with E-state index < -0.39 is 0 Å². The molecule has 0 amide bonds.